The van der Waals surface area contributed by atoms with Gasteiger partial charge in [-0.25, -0.2) is 4.39 Å². The van der Waals surface area contributed by atoms with Crippen LogP contribution in [0.15, 0.2) is 36.4 Å². The predicted molar refractivity (Wildman–Crippen MR) is 111 cm³/mol. The molecule has 2 aromatic rings. The molecule has 0 saturated carbocycles. The Bertz CT molecular complexity index is 810. The van der Waals surface area contributed by atoms with Crippen LogP contribution in [0, 0.1) is 5.82 Å². The Morgan fingerprint density at radius 3 is 2.83 bits per heavy atom. The maximum absolute atomic E-state index is 15.0. The number of carbonyl (C=O) groups excluding carboxylic acids is 1. The highest BCUT2D eigenvalue weighted by Crippen LogP contribution is 2.26. The molecule has 7 heteroatoms. The van der Waals surface area contributed by atoms with Crippen LogP contribution in [0.3, 0.4) is 0 Å². The van der Waals surface area contributed by atoms with E-state index in [9.17, 15) is 9.18 Å². The van der Waals surface area contributed by atoms with Crippen molar-refractivity contribution >= 4 is 11.7 Å². The molecule has 0 radical (unpaired) electrons. The van der Waals surface area contributed by atoms with Crippen molar-refractivity contribution in [3.05, 3.63) is 53.3 Å². The number of aromatic nitrogens is 1. The van der Waals surface area contributed by atoms with Gasteiger partial charge in [0.15, 0.2) is 11.6 Å². The fraction of sp³-hybridized carbons (Fsp3) is 0.455. The normalized spacial score (nSPS) is 15.9. The molecule has 156 valence electrons. The summed E-state index contributed by atoms with van der Waals surface area (Å²) >= 11 is 0. The van der Waals surface area contributed by atoms with Gasteiger partial charge >= 0.3 is 0 Å². The van der Waals surface area contributed by atoms with Gasteiger partial charge in [0.2, 0.25) is 11.8 Å². The van der Waals surface area contributed by atoms with Crippen LogP contribution in [0.2, 0.25) is 0 Å². The van der Waals surface area contributed by atoms with Crippen molar-refractivity contribution in [2.24, 2.45) is 0 Å². The van der Waals surface area contributed by atoms with Crippen molar-refractivity contribution in [2.75, 3.05) is 25.1 Å². The Hall–Kier alpha value is -2.67. The van der Waals surface area contributed by atoms with Gasteiger partial charge in [-0.15, -0.1) is 0 Å². The number of nitrogens with one attached hydrogen (secondary N) is 2. The molecule has 1 fully saturated rings. The van der Waals surface area contributed by atoms with Crippen LogP contribution < -0.4 is 20.3 Å². The first-order valence-corrected chi connectivity index (χ1v) is 10.2. The Balaban J connectivity index is 1.77. The fourth-order valence-electron chi connectivity index (χ4n) is 3.57. The van der Waals surface area contributed by atoms with Gasteiger partial charge in [-0.05, 0) is 37.4 Å². The highest BCUT2D eigenvalue weighted by Gasteiger charge is 2.23. The number of pyridine rings is 1. The number of halogens is 1. The Labute approximate surface area is 171 Å². The smallest absolute Gasteiger partial charge is 0.237 e. The standard InChI is InChI=1S/C22H29FN4O2/c1-3-12-27(15-16-8-5-4-6-9-16)20-18(23)13-17(22(26-20)29-2)14-25-21(28)19-10-7-11-24-19/h4-6,8-9,13,19,24H,3,7,10-12,14-15H2,1-2H3,(H,25,28). The number of hydrogen-bond donors (Lipinski definition) is 2. The molecule has 1 saturated heterocycles. The van der Waals surface area contributed by atoms with Crippen molar-refractivity contribution < 1.29 is 13.9 Å². The van der Waals surface area contributed by atoms with Gasteiger partial charge in [0, 0.05) is 25.2 Å². The van der Waals surface area contributed by atoms with Gasteiger partial charge in [-0.3, -0.25) is 4.79 Å². The molecule has 1 aliphatic heterocycles. The molecule has 1 atom stereocenters. The third-order valence-electron chi connectivity index (χ3n) is 5.03. The van der Waals surface area contributed by atoms with E-state index in [1.807, 2.05) is 42.2 Å². The minimum atomic E-state index is -0.418. The van der Waals surface area contributed by atoms with Crippen molar-refractivity contribution in [3.8, 4) is 5.88 Å². The van der Waals surface area contributed by atoms with Crippen molar-refractivity contribution in [1.82, 2.24) is 15.6 Å². The number of hydrogen-bond acceptors (Lipinski definition) is 5. The molecule has 1 aromatic heterocycles. The highest BCUT2D eigenvalue weighted by molar-refractivity contribution is 5.82. The first-order chi connectivity index (χ1) is 14.1. The molecule has 6 nitrogen and oxygen atoms in total. The summed E-state index contributed by atoms with van der Waals surface area (Å²) in [5.41, 5.74) is 1.61. The lowest BCUT2D eigenvalue weighted by Crippen LogP contribution is -2.40. The molecule has 1 amide bonds. The molecule has 0 spiro atoms. The first-order valence-electron chi connectivity index (χ1n) is 10.2. The second-order valence-electron chi connectivity index (χ2n) is 7.24. The summed E-state index contributed by atoms with van der Waals surface area (Å²) in [4.78, 5) is 18.6. The zero-order valence-corrected chi connectivity index (χ0v) is 17.1. The second-order valence-corrected chi connectivity index (χ2v) is 7.24. The largest absolute Gasteiger partial charge is 0.481 e. The van der Waals surface area contributed by atoms with Crippen molar-refractivity contribution in [1.29, 1.82) is 0 Å². The van der Waals surface area contributed by atoms with E-state index in [1.54, 1.807) is 0 Å². The minimum Gasteiger partial charge on any atom is -0.481 e. The number of rotatable bonds is 9. The zero-order valence-electron chi connectivity index (χ0n) is 17.1. The SMILES string of the molecule is CCCN(Cc1ccccc1)c1nc(OC)c(CNC(=O)C2CCCN2)cc1F. The molecule has 2 heterocycles. The summed E-state index contributed by atoms with van der Waals surface area (Å²) in [6.45, 7) is 4.31. The highest BCUT2D eigenvalue weighted by atomic mass is 19.1. The predicted octanol–water partition coefficient (Wildman–Crippen LogP) is 3.01. The maximum atomic E-state index is 15.0. The molecule has 1 unspecified atom stereocenters. The average Bonchev–Trinajstić information content (AvgIpc) is 3.27. The summed E-state index contributed by atoms with van der Waals surface area (Å²) in [6, 6.07) is 11.2. The zero-order chi connectivity index (χ0) is 20.6. The summed E-state index contributed by atoms with van der Waals surface area (Å²) < 4.78 is 20.4. The van der Waals surface area contributed by atoms with E-state index in [1.165, 1.54) is 13.2 Å². The third-order valence-corrected chi connectivity index (χ3v) is 5.03. The Morgan fingerprint density at radius 1 is 1.38 bits per heavy atom. The lowest BCUT2D eigenvalue weighted by atomic mass is 10.2. The summed E-state index contributed by atoms with van der Waals surface area (Å²) in [7, 11) is 1.51. The van der Waals surface area contributed by atoms with E-state index in [0.717, 1.165) is 31.4 Å². The van der Waals surface area contributed by atoms with Gasteiger partial charge in [-0.2, -0.15) is 4.98 Å². The minimum absolute atomic E-state index is 0.0780. The van der Waals surface area contributed by atoms with Gasteiger partial charge in [0.05, 0.1) is 13.2 Å². The number of ether oxygens (including phenoxy) is 1. The quantitative estimate of drug-likeness (QED) is 0.677. The van der Waals surface area contributed by atoms with E-state index in [4.69, 9.17) is 4.74 Å². The van der Waals surface area contributed by atoms with Gasteiger partial charge in [-0.1, -0.05) is 37.3 Å². The number of nitrogens with zero attached hydrogens (tertiary/aromatic N) is 2. The van der Waals surface area contributed by atoms with Gasteiger partial charge in [0.1, 0.15) is 0 Å². The molecule has 1 aliphatic rings. The van der Waals surface area contributed by atoms with E-state index >= 15 is 0 Å². The Kier molecular flexibility index (Phi) is 7.41. The molecule has 1 aromatic carbocycles. The number of amides is 1. The Morgan fingerprint density at radius 2 is 2.17 bits per heavy atom. The molecular weight excluding hydrogens is 371 g/mol. The van der Waals surface area contributed by atoms with E-state index < -0.39 is 5.82 Å². The number of benzene rings is 1. The van der Waals surface area contributed by atoms with Crippen molar-refractivity contribution in [3.63, 3.8) is 0 Å². The molecular formula is C22H29FN4O2. The molecule has 0 aliphatic carbocycles. The number of carbonyl (C=O) groups is 1. The third kappa shape index (κ3) is 5.44. The number of anilines is 1. The maximum Gasteiger partial charge on any atom is 0.237 e. The van der Waals surface area contributed by atoms with Gasteiger partial charge < -0.3 is 20.3 Å². The van der Waals surface area contributed by atoms with Gasteiger partial charge in [0.25, 0.3) is 0 Å². The number of methoxy groups -OCH3 is 1. The first kappa shape index (κ1) is 21.0. The van der Waals surface area contributed by atoms with Crippen LogP contribution in [-0.4, -0.2) is 37.1 Å². The molecule has 2 N–H and O–H groups in total. The fourth-order valence-corrected chi connectivity index (χ4v) is 3.57. The molecule has 3 rings (SSSR count). The van der Waals surface area contributed by atoms with E-state index in [2.05, 4.69) is 15.6 Å². The average molecular weight is 400 g/mol. The summed E-state index contributed by atoms with van der Waals surface area (Å²) in [5.74, 6) is 0.0967. The van der Waals surface area contributed by atoms with Crippen LogP contribution in [0.4, 0.5) is 10.2 Å². The topological polar surface area (TPSA) is 66.5 Å². The molecule has 0 bridgehead atoms. The van der Waals surface area contributed by atoms with Crippen LogP contribution in [0.25, 0.3) is 0 Å². The summed E-state index contributed by atoms with van der Waals surface area (Å²) in [6.07, 6.45) is 2.67. The van der Waals surface area contributed by atoms with Crippen molar-refractivity contribution in [2.45, 2.75) is 45.3 Å². The van der Waals surface area contributed by atoms with Crippen LogP contribution in [0.5, 0.6) is 5.88 Å². The summed E-state index contributed by atoms with van der Waals surface area (Å²) in [5, 5.41) is 6.01. The lowest BCUT2D eigenvalue weighted by molar-refractivity contribution is -0.122. The van der Waals surface area contributed by atoms with Crippen LogP contribution >= 0.6 is 0 Å². The second kappa shape index (κ2) is 10.2. The molecule has 29 heavy (non-hydrogen) atoms. The van der Waals surface area contributed by atoms with E-state index in [-0.39, 0.29) is 24.3 Å². The van der Waals surface area contributed by atoms with Crippen LogP contribution in [-0.2, 0) is 17.9 Å². The van der Waals surface area contributed by atoms with E-state index in [0.29, 0.717) is 24.5 Å². The monoisotopic (exact) mass is 400 g/mol. The lowest BCUT2D eigenvalue weighted by Gasteiger charge is -2.25. The van der Waals surface area contributed by atoms with Crippen LogP contribution in [0.1, 0.15) is 37.3 Å².